The lowest BCUT2D eigenvalue weighted by atomic mass is 9.87. The molecule has 0 radical (unpaired) electrons. The number of hydrogen-bond donors (Lipinski definition) is 3. The Bertz CT molecular complexity index is 246. The van der Waals surface area contributed by atoms with Crippen LogP contribution in [-0.4, -0.2) is 39.9 Å². The number of fused-ring (bicyclic) bond motifs is 1. The maximum atomic E-state index is 9.98. The summed E-state index contributed by atoms with van der Waals surface area (Å²) in [6.45, 7) is 2.06. The zero-order chi connectivity index (χ0) is 12.4. The minimum atomic E-state index is -0.652. The van der Waals surface area contributed by atoms with Gasteiger partial charge >= 0.3 is 0 Å². The molecule has 3 N–H and O–H groups in total. The van der Waals surface area contributed by atoms with Gasteiger partial charge in [0.05, 0.1) is 18.3 Å². The molecule has 0 aromatic heterocycles. The Morgan fingerprint density at radius 1 is 1.24 bits per heavy atom. The molecule has 0 aromatic rings. The molecular weight excluding hydrogens is 220 g/mol. The van der Waals surface area contributed by atoms with E-state index in [4.69, 9.17) is 4.74 Å². The predicted molar refractivity (Wildman–Crippen MR) is 63.2 cm³/mol. The molecule has 1 aliphatic carbocycles. The van der Waals surface area contributed by atoms with E-state index < -0.39 is 6.29 Å². The molecule has 1 heterocycles. The Kier molecular flexibility index (Phi) is 4.42. The zero-order valence-electron chi connectivity index (χ0n) is 10.5. The van der Waals surface area contributed by atoms with Crippen LogP contribution >= 0.6 is 0 Å². The molecule has 2 aliphatic rings. The van der Waals surface area contributed by atoms with Gasteiger partial charge < -0.3 is 20.1 Å². The van der Waals surface area contributed by atoms with Crippen LogP contribution in [0.4, 0.5) is 0 Å². The van der Waals surface area contributed by atoms with Crippen LogP contribution in [0.25, 0.3) is 0 Å². The number of ether oxygens (including phenoxy) is 1. The van der Waals surface area contributed by atoms with Gasteiger partial charge in [0.1, 0.15) is 0 Å². The summed E-state index contributed by atoms with van der Waals surface area (Å²) >= 11 is 0. The zero-order valence-corrected chi connectivity index (χ0v) is 10.5. The Morgan fingerprint density at radius 3 is 2.71 bits per heavy atom. The van der Waals surface area contributed by atoms with Crippen LogP contribution in [0.15, 0.2) is 0 Å². The standard InChI is InChI=1S/C13H24O4/c1-2-3-8(14)4-5-9-10-6-13(16)17-12(10)7-11(9)15/h8-16H,2-7H2,1H3/t8-,9+,10+,11+,12-,13?/m0/s1. The van der Waals surface area contributed by atoms with E-state index in [0.717, 1.165) is 25.7 Å². The van der Waals surface area contributed by atoms with E-state index in [1.807, 2.05) is 0 Å². The van der Waals surface area contributed by atoms with Crippen LogP contribution in [0.2, 0.25) is 0 Å². The minimum Gasteiger partial charge on any atom is -0.393 e. The molecule has 2 fully saturated rings. The number of hydrogen-bond acceptors (Lipinski definition) is 4. The summed E-state index contributed by atoms with van der Waals surface area (Å²) in [7, 11) is 0. The van der Waals surface area contributed by atoms with E-state index in [-0.39, 0.29) is 30.1 Å². The molecule has 4 nitrogen and oxygen atoms in total. The van der Waals surface area contributed by atoms with Gasteiger partial charge in [-0.05, 0) is 31.1 Å². The van der Waals surface area contributed by atoms with Crippen molar-refractivity contribution in [1.29, 1.82) is 0 Å². The summed E-state index contributed by atoms with van der Waals surface area (Å²) in [4.78, 5) is 0. The summed E-state index contributed by atoms with van der Waals surface area (Å²) < 4.78 is 5.37. The summed E-state index contributed by atoms with van der Waals surface area (Å²) in [6, 6.07) is 0. The highest BCUT2D eigenvalue weighted by Crippen LogP contribution is 2.44. The van der Waals surface area contributed by atoms with E-state index in [0.29, 0.717) is 12.8 Å². The highest BCUT2D eigenvalue weighted by molar-refractivity contribution is 4.95. The molecule has 0 bridgehead atoms. The topological polar surface area (TPSA) is 69.9 Å². The van der Waals surface area contributed by atoms with E-state index in [1.165, 1.54) is 0 Å². The maximum absolute atomic E-state index is 9.98. The molecule has 2 rings (SSSR count). The molecule has 17 heavy (non-hydrogen) atoms. The summed E-state index contributed by atoms with van der Waals surface area (Å²) in [5.41, 5.74) is 0. The fourth-order valence-electron chi connectivity index (χ4n) is 3.39. The summed E-state index contributed by atoms with van der Waals surface area (Å²) in [5, 5.41) is 29.2. The molecule has 1 unspecified atom stereocenters. The Balaban J connectivity index is 1.83. The first kappa shape index (κ1) is 13.3. The van der Waals surface area contributed by atoms with Crippen LogP contribution in [0.1, 0.15) is 45.4 Å². The van der Waals surface area contributed by atoms with Gasteiger partial charge in [-0.1, -0.05) is 13.3 Å². The smallest absolute Gasteiger partial charge is 0.155 e. The third-order valence-corrected chi connectivity index (χ3v) is 4.26. The van der Waals surface area contributed by atoms with E-state index >= 15 is 0 Å². The Hall–Kier alpha value is -0.160. The predicted octanol–water partition coefficient (Wildman–Crippen LogP) is 1.03. The molecule has 6 atom stereocenters. The van der Waals surface area contributed by atoms with Gasteiger partial charge in [0.2, 0.25) is 0 Å². The van der Waals surface area contributed by atoms with Crippen molar-refractivity contribution in [2.24, 2.45) is 11.8 Å². The van der Waals surface area contributed by atoms with Gasteiger partial charge in [0.15, 0.2) is 6.29 Å². The van der Waals surface area contributed by atoms with Crippen LogP contribution in [-0.2, 0) is 4.74 Å². The summed E-state index contributed by atoms with van der Waals surface area (Å²) in [6.07, 6.45) is 3.46. The van der Waals surface area contributed by atoms with Crippen molar-refractivity contribution in [1.82, 2.24) is 0 Å². The van der Waals surface area contributed by atoms with Gasteiger partial charge in [-0.15, -0.1) is 0 Å². The number of rotatable bonds is 5. The van der Waals surface area contributed by atoms with E-state index in [9.17, 15) is 15.3 Å². The molecule has 4 heteroatoms. The lowest BCUT2D eigenvalue weighted by molar-refractivity contribution is -0.0951. The number of aliphatic hydroxyl groups excluding tert-OH is 3. The van der Waals surface area contributed by atoms with Gasteiger partial charge in [-0.25, -0.2) is 0 Å². The molecule has 1 saturated carbocycles. The van der Waals surface area contributed by atoms with Crippen molar-refractivity contribution in [3.8, 4) is 0 Å². The van der Waals surface area contributed by atoms with E-state index in [1.54, 1.807) is 0 Å². The van der Waals surface area contributed by atoms with Gasteiger partial charge in [0, 0.05) is 12.8 Å². The van der Waals surface area contributed by atoms with Gasteiger partial charge in [0.25, 0.3) is 0 Å². The third kappa shape index (κ3) is 2.99. The normalized spacial score (nSPS) is 42.7. The second-order valence-electron chi connectivity index (χ2n) is 5.52. The average molecular weight is 244 g/mol. The fourth-order valence-corrected chi connectivity index (χ4v) is 3.39. The maximum Gasteiger partial charge on any atom is 0.155 e. The first-order valence-corrected chi connectivity index (χ1v) is 6.81. The minimum absolute atomic E-state index is 0.0216. The SMILES string of the molecule is CCC[C@H](O)CC[C@@H]1[C@H]2CC(O)O[C@H]2C[C@H]1O. The molecule has 0 spiro atoms. The lowest BCUT2D eigenvalue weighted by Gasteiger charge is -2.21. The van der Waals surface area contributed by atoms with Crippen molar-refractivity contribution >= 4 is 0 Å². The van der Waals surface area contributed by atoms with Crippen LogP contribution in [0.3, 0.4) is 0 Å². The van der Waals surface area contributed by atoms with Crippen molar-refractivity contribution in [3.63, 3.8) is 0 Å². The first-order valence-electron chi connectivity index (χ1n) is 6.81. The Morgan fingerprint density at radius 2 is 2.00 bits per heavy atom. The lowest BCUT2D eigenvalue weighted by Crippen LogP contribution is -2.22. The van der Waals surface area contributed by atoms with Gasteiger partial charge in [-0.2, -0.15) is 0 Å². The molecule has 1 saturated heterocycles. The number of aliphatic hydroxyl groups is 3. The third-order valence-electron chi connectivity index (χ3n) is 4.26. The quantitative estimate of drug-likeness (QED) is 0.675. The Labute approximate surface area is 103 Å². The summed E-state index contributed by atoms with van der Waals surface area (Å²) in [5.74, 6) is 0.456. The van der Waals surface area contributed by atoms with Gasteiger partial charge in [-0.3, -0.25) is 0 Å². The van der Waals surface area contributed by atoms with Crippen LogP contribution in [0.5, 0.6) is 0 Å². The van der Waals surface area contributed by atoms with Crippen molar-refractivity contribution in [3.05, 3.63) is 0 Å². The van der Waals surface area contributed by atoms with E-state index in [2.05, 4.69) is 6.92 Å². The van der Waals surface area contributed by atoms with Crippen LogP contribution in [0, 0.1) is 11.8 Å². The highest BCUT2D eigenvalue weighted by Gasteiger charge is 2.48. The first-order chi connectivity index (χ1) is 8.11. The molecular formula is C13H24O4. The molecule has 0 aromatic carbocycles. The van der Waals surface area contributed by atoms with Crippen molar-refractivity contribution < 1.29 is 20.1 Å². The van der Waals surface area contributed by atoms with Crippen LogP contribution < -0.4 is 0 Å². The highest BCUT2D eigenvalue weighted by atomic mass is 16.6. The average Bonchev–Trinajstić information content (AvgIpc) is 2.71. The molecule has 1 aliphatic heterocycles. The van der Waals surface area contributed by atoms with Crippen molar-refractivity contribution in [2.45, 2.75) is 70.1 Å². The fraction of sp³-hybridized carbons (Fsp3) is 1.00. The second kappa shape index (κ2) is 5.65. The molecule has 0 amide bonds. The molecule has 100 valence electrons. The largest absolute Gasteiger partial charge is 0.393 e. The second-order valence-corrected chi connectivity index (χ2v) is 5.52. The monoisotopic (exact) mass is 244 g/mol. The van der Waals surface area contributed by atoms with Crippen molar-refractivity contribution in [2.75, 3.05) is 0 Å².